The lowest BCUT2D eigenvalue weighted by Crippen LogP contribution is -2.43. The van der Waals surface area contributed by atoms with Gasteiger partial charge in [0, 0.05) is 13.0 Å². The smallest absolute Gasteiger partial charge is 0.226 e. The summed E-state index contributed by atoms with van der Waals surface area (Å²) in [6.45, 7) is 0.851. The Morgan fingerprint density at radius 3 is 2.78 bits per heavy atom. The van der Waals surface area contributed by atoms with Crippen LogP contribution in [0.1, 0.15) is 24.8 Å². The molecule has 0 fully saturated rings. The first kappa shape index (κ1) is 11.3. The minimum Gasteiger partial charge on any atom is -0.335 e. The molecule has 18 heavy (non-hydrogen) atoms. The monoisotopic (exact) mass is 239 g/mol. The van der Waals surface area contributed by atoms with Gasteiger partial charge in [0.2, 0.25) is 5.91 Å². The molecule has 0 spiro atoms. The van der Waals surface area contributed by atoms with Gasteiger partial charge in [0.15, 0.2) is 0 Å². The summed E-state index contributed by atoms with van der Waals surface area (Å²) in [5.41, 5.74) is 2.55. The van der Waals surface area contributed by atoms with E-state index in [2.05, 4.69) is 42.5 Å². The Labute approximate surface area is 108 Å². The number of amides is 1. The zero-order valence-corrected chi connectivity index (χ0v) is 10.4. The normalized spacial score (nSPS) is 23.3. The Morgan fingerprint density at radius 1 is 1.11 bits per heavy atom. The maximum absolute atomic E-state index is 12.0. The van der Waals surface area contributed by atoms with Crippen molar-refractivity contribution >= 4 is 11.5 Å². The summed E-state index contributed by atoms with van der Waals surface area (Å²) in [5, 5.41) is 0. The lowest BCUT2D eigenvalue weighted by Gasteiger charge is -2.35. The predicted molar refractivity (Wildman–Crippen MR) is 72.9 cm³/mol. The average molecular weight is 239 g/mol. The van der Waals surface area contributed by atoms with Gasteiger partial charge in [-0.2, -0.15) is 0 Å². The molecule has 0 aliphatic carbocycles. The van der Waals surface area contributed by atoms with Gasteiger partial charge in [-0.3, -0.25) is 4.79 Å². The molecule has 1 aromatic rings. The second-order valence-electron chi connectivity index (χ2n) is 4.83. The molecule has 2 aliphatic rings. The summed E-state index contributed by atoms with van der Waals surface area (Å²) in [5.74, 6) is 0.267. The fourth-order valence-corrected chi connectivity index (χ4v) is 2.82. The van der Waals surface area contributed by atoms with Crippen molar-refractivity contribution in [3.8, 4) is 0 Å². The van der Waals surface area contributed by atoms with Crippen LogP contribution in [0.3, 0.4) is 0 Å². The van der Waals surface area contributed by atoms with Gasteiger partial charge in [0.05, 0.1) is 6.04 Å². The van der Waals surface area contributed by atoms with Gasteiger partial charge in [0.25, 0.3) is 0 Å². The SMILES string of the molecule is O=C1CC=C(c2ccccc2)[C@H]2CC=CCCN12. The summed E-state index contributed by atoms with van der Waals surface area (Å²) in [6, 6.07) is 10.6. The number of hydrogen-bond donors (Lipinski definition) is 0. The molecule has 0 unspecified atom stereocenters. The minimum absolute atomic E-state index is 0.229. The fraction of sp³-hybridized carbons (Fsp3) is 0.312. The lowest BCUT2D eigenvalue weighted by atomic mass is 9.91. The number of nitrogens with zero attached hydrogens (tertiary/aromatic N) is 1. The molecule has 0 bridgehead atoms. The zero-order chi connectivity index (χ0) is 12.4. The fourth-order valence-electron chi connectivity index (χ4n) is 2.82. The molecule has 1 amide bonds. The van der Waals surface area contributed by atoms with Gasteiger partial charge < -0.3 is 4.90 Å². The number of rotatable bonds is 1. The molecule has 3 rings (SSSR count). The summed E-state index contributed by atoms with van der Waals surface area (Å²) >= 11 is 0. The lowest BCUT2D eigenvalue weighted by molar-refractivity contribution is -0.131. The molecule has 0 aromatic heterocycles. The van der Waals surface area contributed by atoms with E-state index >= 15 is 0 Å². The Bertz CT molecular complexity index is 501. The number of carbonyl (C=O) groups is 1. The molecule has 2 heterocycles. The number of hydrogen-bond acceptors (Lipinski definition) is 1. The first-order valence-electron chi connectivity index (χ1n) is 6.56. The first-order valence-corrected chi connectivity index (χ1v) is 6.56. The van der Waals surface area contributed by atoms with E-state index in [-0.39, 0.29) is 11.9 Å². The van der Waals surface area contributed by atoms with E-state index in [0.29, 0.717) is 6.42 Å². The van der Waals surface area contributed by atoms with E-state index < -0.39 is 0 Å². The van der Waals surface area contributed by atoms with Crippen LogP contribution < -0.4 is 0 Å². The molecule has 2 heteroatoms. The van der Waals surface area contributed by atoms with E-state index in [9.17, 15) is 4.79 Å². The van der Waals surface area contributed by atoms with Gasteiger partial charge in [-0.1, -0.05) is 48.6 Å². The van der Waals surface area contributed by atoms with E-state index in [1.165, 1.54) is 11.1 Å². The maximum atomic E-state index is 12.0. The topological polar surface area (TPSA) is 20.3 Å². The Hall–Kier alpha value is -1.83. The van der Waals surface area contributed by atoms with E-state index in [1.807, 2.05) is 11.0 Å². The van der Waals surface area contributed by atoms with E-state index in [0.717, 1.165) is 19.4 Å². The van der Waals surface area contributed by atoms with Crippen molar-refractivity contribution in [3.63, 3.8) is 0 Å². The molecular weight excluding hydrogens is 222 g/mol. The third kappa shape index (κ3) is 1.99. The summed E-state index contributed by atoms with van der Waals surface area (Å²) < 4.78 is 0. The van der Waals surface area contributed by atoms with Crippen molar-refractivity contribution in [2.24, 2.45) is 0 Å². The Kier molecular flexibility index (Phi) is 3.01. The van der Waals surface area contributed by atoms with Crippen molar-refractivity contribution in [1.29, 1.82) is 0 Å². The molecule has 1 atom stereocenters. The largest absolute Gasteiger partial charge is 0.335 e. The van der Waals surface area contributed by atoms with Crippen LogP contribution in [-0.2, 0) is 4.79 Å². The van der Waals surface area contributed by atoms with Gasteiger partial charge in [-0.15, -0.1) is 0 Å². The number of carbonyl (C=O) groups excluding carboxylic acids is 1. The molecule has 92 valence electrons. The molecular formula is C16H17NO. The van der Waals surface area contributed by atoms with Gasteiger partial charge in [0.1, 0.15) is 0 Å². The van der Waals surface area contributed by atoms with E-state index in [4.69, 9.17) is 0 Å². The van der Waals surface area contributed by atoms with Gasteiger partial charge in [-0.05, 0) is 24.0 Å². The number of fused-ring (bicyclic) bond motifs is 1. The summed E-state index contributed by atoms with van der Waals surface area (Å²) in [4.78, 5) is 14.1. The van der Waals surface area contributed by atoms with Crippen LogP contribution in [0.4, 0.5) is 0 Å². The van der Waals surface area contributed by atoms with Crippen molar-refractivity contribution in [2.45, 2.75) is 25.3 Å². The number of benzene rings is 1. The van der Waals surface area contributed by atoms with Gasteiger partial charge in [-0.25, -0.2) is 0 Å². The highest BCUT2D eigenvalue weighted by atomic mass is 16.2. The molecule has 2 aliphatic heterocycles. The summed E-state index contributed by atoms with van der Waals surface area (Å²) in [7, 11) is 0. The highest BCUT2D eigenvalue weighted by Crippen LogP contribution is 2.31. The van der Waals surface area contributed by atoms with Crippen LogP contribution in [0.15, 0.2) is 48.6 Å². The Balaban J connectivity index is 1.98. The van der Waals surface area contributed by atoms with E-state index in [1.54, 1.807) is 0 Å². The molecule has 1 aromatic carbocycles. The highest BCUT2D eigenvalue weighted by molar-refractivity contribution is 5.87. The standard InChI is InChI=1S/C16H17NO/c18-16-11-10-14(13-7-3-1-4-8-13)15-9-5-2-6-12-17(15)16/h1-5,7-8,10,15H,6,9,11-12H2/t15-/m1/s1. The minimum atomic E-state index is 0.229. The van der Waals surface area contributed by atoms with Crippen molar-refractivity contribution in [1.82, 2.24) is 4.90 Å². The molecule has 0 saturated heterocycles. The van der Waals surface area contributed by atoms with Crippen LogP contribution in [0.25, 0.3) is 5.57 Å². The quantitative estimate of drug-likeness (QED) is 0.690. The van der Waals surface area contributed by atoms with Crippen molar-refractivity contribution < 1.29 is 4.79 Å². The first-order chi connectivity index (χ1) is 8.86. The third-order valence-electron chi connectivity index (χ3n) is 3.72. The highest BCUT2D eigenvalue weighted by Gasteiger charge is 2.30. The van der Waals surface area contributed by atoms with Crippen LogP contribution >= 0.6 is 0 Å². The third-order valence-corrected chi connectivity index (χ3v) is 3.72. The average Bonchev–Trinajstić information content (AvgIpc) is 2.67. The molecule has 0 radical (unpaired) electrons. The van der Waals surface area contributed by atoms with Crippen molar-refractivity contribution in [3.05, 3.63) is 54.1 Å². The zero-order valence-electron chi connectivity index (χ0n) is 10.4. The van der Waals surface area contributed by atoms with Crippen LogP contribution in [0.5, 0.6) is 0 Å². The maximum Gasteiger partial charge on any atom is 0.226 e. The van der Waals surface area contributed by atoms with Gasteiger partial charge >= 0.3 is 0 Å². The van der Waals surface area contributed by atoms with Crippen molar-refractivity contribution in [2.75, 3.05) is 6.54 Å². The van der Waals surface area contributed by atoms with Crippen LogP contribution in [-0.4, -0.2) is 23.4 Å². The molecule has 0 N–H and O–H groups in total. The summed E-state index contributed by atoms with van der Waals surface area (Å²) in [6.07, 6.45) is 8.96. The molecule has 0 saturated carbocycles. The van der Waals surface area contributed by atoms with Crippen LogP contribution in [0.2, 0.25) is 0 Å². The Morgan fingerprint density at radius 2 is 1.94 bits per heavy atom. The van der Waals surface area contributed by atoms with Crippen LogP contribution in [0, 0.1) is 0 Å². The predicted octanol–water partition coefficient (Wildman–Crippen LogP) is 3.02. The second-order valence-corrected chi connectivity index (χ2v) is 4.83. The second kappa shape index (κ2) is 4.81. The molecule has 2 nitrogen and oxygen atoms in total.